The first-order chi connectivity index (χ1) is 6.75. The molecular formula is C9H6F2N2S. The molecule has 0 aliphatic heterocycles. The molecule has 0 spiro atoms. The van der Waals surface area contributed by atoms with Crippen LogP contribution in [-0.2, 0) is 0 Å². The van der Waals surface area contributed by atoms with Crippen LogP contribution in [0, 0.1) is 11.9 Å². The van der Waals surface area contributed by atoms with Crippen LogP contribution in [0.4, 0.5) is 8.78 Å². The van der Waals surface area contributed by atoms with Gasteiger partial charge in [0.05, 0.1) is 6.07 Å². The molecule has 1 aromatic carbocycles. The van der Waals surface area contributed by atoms with Gasteiger partial charge in [-0.1, -0.05) is 18.2 Å². The Hall–Kier alpha value is -1.36. The Morgan fingerprint density at radius 1 is 1.14 bits per heavy atom. The summed E-state index contributed by atoms with van der Waals surface area (Å²) in [5.41, 5.74) is 0. The predicted molar refractivity (Wildman–Crippen MR) is 49.8 cm³/mol. The number of hydrogen-bond acceptors (Lipinski definition) is 2. The normalized spacial score (nSPS) is 10.4. The van der Waals surface area contributed by atoms with Crippen molar-refractivity contribution in [2.75, 3.05) is 0 Å². The second-order valence-electron chi connectivity index (χ2n) is 2.57. The van der Waals surface area contributed by atoms with E-state index >= 15 is 0 Å². The standard InChI is InChI=1S/C9H6F2N2S/c10-8-6-9(11)13(12-8)14-7-4-2-1-3-5-7/h1-6H. The maximum absolute atomic E-state index is 12.9. The lowest BCUT2D eigenvalue weighted by Gasteiger charge is -1.99. The molecule has 0 fully saturated rings. The molecule has 72 valence electrons. The van der Waals surface area contributed by atoms with Crippen molar-refractivity contribution >= 4 is 11.9 Å². The van der Waals surface area contributed by atoms with Gasteiger partial charge in [0.2, 0.25) is 11.9 Å². The molecule has 0 radical (unpaired) electrons. The lowest BCUT2D eigenvalue weighted by Crippen LogP contribution is -1.92. The molecule has 0 amide bonds. The molecule has 2 nitrogen and oxygen atoms in total. The summed E-state index contributed by atoms with van der Waals surface area (Å²) >= 11 is 1.03. The van der Waals surface area contributed by atoms with Gasteiger partial charge in [0.25, 0.3) is 0 Å². The van der Waals surface area contributed by atoms with Crippen molar-refractivity contribution in [2.45, 2.75) is 4.90 Å². The first-order valence-corrected chi connectivity index (χ1v) is 4.67. The predicted octanol–water partition coefficient (Wildman–Crippen LogP) is 2.72. The summed E-state index contributed by atoms with van der Waals surface area (Å²) in [6, 6.07) is 9.83. The van der Waals surface area contributed by atoms with Crippen LogP contribution in [0.25, 0.3) is 0 Å². The zero-order valence-electron chi connectivity index (χ0n) is 7.02. The molecule has 0 atom stereocenters. The highest BCUT2D eigenvalue weighted by molar-refractivity contribution is 7.97. The Balaban J connectivity index is 2.23. The molecule has 0 aliphatic rings. The van der Waals surface area contributed by atoms with Gasteiger partial charge < -0.3 is 0 Å². The van der Waals surface area contributed by atoms with Gasteiger partial charge in [-0.3, -0.25) is 0 Å². The lowest BCUT2D eigenvalue weighted by molar-refractivity contribution is 0.555. The largest absolute Gasteiger partial charge is 0.236 e. The molecule has 5 heteroatoms. The summed E-state index contributed by atoms with van der Waals surface area (Å²) in [5, 5.41) is 3.34. The van der Waals surface area contributed by atoms with Crippen molar-refractivity contribution in [1.82, 2.24) is 9.19 Å². The summed E-state index contributed by atoms with van der Waals surface area (Å²) < 4.78 is 26.3. The van der Waals surface area contributed by atoms with Gasteiger partial charge in [-0.25, -0.2) is 0 Å². The third-order valence-corrected chi connectivity index (χ3v) is 2.45. The van der Waals surface area contributed by atoms with E-state index in [2.05, 4.69) is 5.10 Å². The Morgan fingerprint density at radius 3 is 2.43 bits per heavy atom. The van der Waals surface area contributed by atoms with E-state index in [1.54, 1.807) is 12.1 Å². The first kappa shape index (κ1) is 9.21. The Morgan fingerprint density at radius 2 is 1.86 bits per heavy atom. The summed E-state index contributed by atoms with van der Waals surface area (Å²) in [6.07, 6.45) is 0. The van der Waals surface area contributed by atoms with Crippen LogP contribution < -0.4 is 0 Å². The summed E-state index contributed by atoms with van der Waals surface area (Å²) in [7, 11) is 0. The van der Waals surface area contributed by atoms with Crippen LogP contribution in [0.2, 0.25) is 0 Å². The Labute approximate surface area is 83.7 Å². The van der Waals surface area contributed by atoms with Crippen molar-refractivity contribution < 1.29 is 8.78 Å². The van der Waals surface area contributed by atoms with Crippen LogP contribution in [0.15, 0.2) is 41.3 Å². The van der Waals surface area contributed by atoms with Crippen molar-refractivity contribution in [2.24, 2.45) is 0 Å². The molecule has 2 aromatic rings. The zero-order chi connectivity index (χ0) is 9.97. The van der Waals surface area contributed by atoms with Gasteiger partial charge in [-0.15, -0.1) is 5.10 Å². The number of benzene rings is 1. The smallest absolute Gasteiger partial charge is 0.184 e. The van der Waals surface area contributed by atoms with Crippen LogP contribution in [0.5, 0.6) is 0 Å². The molecule has 0 aliphatic carbocycles. The van der Waals surface area contributed by atoms with Gasteiger partial charge in [-0.05, 0) is 12.1 Å². The average Bonchev–Trinajstić information content (AvgIpc) is 2.47. The molecule has 0 saturated carbocycles. The van der Waals surface area contributed by atoms with Crippen LogP contribution >= 0.6 is 11.9 Å². The van der Waals surface area contributed by atoms with Gasteiger partial charge in [0, 0.05) is 16.8 Å². The molecule has 1 aromatic heterocycles. The summed E-state index contributed by atoms with van der Waals surface area (Å²) in [5.74, 6) is -1.51. The second-order valence-corrected chi connectivity index (χ2v) is 3.57. The van der Waals surface area contributed by atoms with E-state index in [0.29, 0.717) is 0 Å². The van der Waals surface area contributed by atoms with E-state index < -0.39 is 11.9 Å². The first-order valence-electron chi connectivity index (χ1n) is 3.90. The molecule has 0 saturated heterocycles. The monoisotopic (exact) mass is 212 g/mol. The lowest BCUT2D eigenvalue weighted by atomic mass is 10.4. The highest BCUT2D eigenvalue weighted by Crippen LogP contribution is 2.20. The fourth-order valence-corrected chi connectivity index (χ4v) is 1.70. The van der Waals surface area contributed by atoms with E-state index in [1.165, 1.54) is 0 Å². The number of hydrogen-bond donors (Lipinski definition) is 0. The molecule has 0 N–H and O–H groups in total. The van der Waals surface area contributed by atoms with E-state index in [9.17, 15) is 8.78 Å². The van der Waals surface area contributed by atoms with Crippen LogP contribution in [0.3, 0.4) is 0 Å². The van der Waals surface area contributed by atoms with Gasteiger partial charge >= 0.3 is 0 Å². The zero-order valence-corrected chi connectivity index (χ0v) is 7.84. The van der Waals surface area contributed by atoms with E-state index in [-0.39, 0.29) is 0 Å². The minimum atomic E-state index is -0.814. The molecule has 2 rings (SSSR count). The SMILES string of the molecule is Fc1cc(F)n(Sc2ccccc2)n1. The van der Waals surface area contributed by atoms with E-state index in [1.807, 2.05) is 18.2 Å². The van der Waals surface area contributed by atoms with Gasteiger partial charge in [0.1, 0.15) is 0 Å². The Bertz CT molecular complexity index is 428. The maximum atomic E-state index is 12.9. The third kappa shape index (κ3) is 1.93. The molecular weight excluding hydrogens is 206 g/mol. The van der Waals surface area contributed by atoms with Gasteiger partial charge in [0.15, 0.2) is 0 Å². The fraction of sp³-hybridized carbons (Fsp3) is 0. The number of halogens is 2. The van der Waals surface area contributed by atoms with Gasteiger partial charge in [-0.2, -0.15) is 12.9 Å². The third-order valence-electron chi connectivity index (χ3n) is 1.54. The average molecular weight is 212 g/mol. The number of rotatable bonds is 2. The van der Waals surface area contributed by atoms with E-state index in [0.717, 1.165) is 27.0 Å². The Kier molecular flexibility index (Phi) is 2.49. The summed E-state index contributed by atoms with van der Waals surface area (Å²) in [6.45, 7) is 0. The van der Waals surface area contributed by atoms with Crippen molar-refractivity contribution in [3.8, 4) is 0 Å². The minimum Gasteiger partial charge on any atom is -0.184 e. The quantitative estimate of drug-likeness (QED) is 0.761. The van der Waals surface area contributed by atoms with E-state index in [4.69, 9.17) is 0 Å². The highest BCUT2D eigenvalue weighted by Gasteiger charge is 2.07. The second kappa shape index (κ2) is 3.79. The maximum Gasteiger partial charge on any atom is 0.236 e. The summed E-state index contributed by atoms with van der Waals surface area (Å²) in [4.78, 5) is 0.800. The molecule has 14 heavy (non-hydrogen) atoms. The molecule has 0 bridgehead atoms. The van der Waals surface area contributed by atoms with Crippen molar-refractivity contribution in [3.05, 3.63) is 48.3 Å². The fourth-order valence-electron chi connectivity index (χ4n) is 0.962. The van der Waals surface area contributed by atoms with Crippen molar-refractivity contribution in [3.63, 3.8) is 0 Å². The molecule has 1 heterocycles. The number of aromatic nitrogens is 2. The van der Waals surface area contributed by atoms with Crippen LogP contribution in [0.1, 0.15) is 0 Å². The number of nitrogens with zero attached hydrogens (tertiary/aromatic N) is 2. The van der Waals surface area contributed by atoms with Crippen molar-refractivity contribution in [1.29, 1.82) is 0 Å². The van der Waals surface area contributed by atoms with Crippen LogP contribution in [-0.4, -0.2) is 9.19 Å². The molecule has 0 unspecified atom stereocenters. The minimum absolute atomic E-state index is 0.698. The topological polar surface area (TPSA) is 17.8 Å². The highest BCUT2D eigenvalue weighted by atomic mass is 32.2.